The summed E-state index contributed by atoms with van der Waals surface area (Å²) in [6, 6.07) is 0.398. The summed E-state index contributed by atoms with van der Waals surface area (Å²) in [7, 11) is 0. The van der Waals surface area contributed by atoms with E-state index in [0.29, 0.717) is 6.04 Å². The minimum Gasteiger partial charge on any atom is -0.327 e. The molecule has 0 radical (unpaired) electrons. The van der Waals surface area contributed by atoms with Crippen LogP contribution in [-0.2, 0) is 0 Å². The van der Waals surface area contributed by atoms with Crippen molar-refractivity contribution in [2.45, 2.75) is 40.2 Å². The molecule has 2 heteroatoms. The Morgan fingerprint density at radius 2 is 1.86 bits per heavy atom. The van der Waals surface area contributed by atoms with E-state index in [4.69, 9.17) is 5.73 Å². The Labute approximate surface area is 88.8 Å². The SMILES string of the molecule is CC(C)CN1CC(N)CC(C(C)C)C1. The number of hydrogen-bond donors (Lipinski definition) is 1. The van der Waals surface area contributed by atoms with Crippen LogP contribution >= 0.6 is 0 Å². The first-order valence-corrected chi connectivity index (χ1v) is 5.97. The van der Waals surface area contributed by atoms with Gasteiger partial charge in [-0.05, 0) is 24.2 Å². The van der Waals surface area contributed by atoms with E-state index < -0.39 is 0 Å². The van der Waals surface area contributed by atoms with Crippen LogP contribution in [0.15, 0.2) is 0 Å². The summed E-state index contributed by atoms with van der Waals surface area (Å²) in [5, 5.41) is 0. The van der Waals surface area contributed by atoms with E-state index in [9.17, 15) is 0 Å². The molecule has 0 bridgehead atoms. The Morgan fingerprint density at radius 3 is 2.36 bits per heavy atom. The third kappa shape index (κ3) is 3.58. The minimum absolute atomic E-state index is 0.398. The number of likely N-dealkylation sites (tertiary alicyclic amines) is 1. The Hall–Kier alpha value is -0.0800. The smallest absolute Gasteiger partial charge is 0.0171 e. The van der Waals surface area contributed by atoms with Crippen molar-refractivity contribution < 1.29 is 0 Å². The molecule has 84 valence electrons. The third-order valence-electron chi connectivity index (χ3n) is 3.16. The fraction of sp³-hybridized carbons (Fsp3) is 1.00. The molecule has 14 heavy (non-hydrogen) atoms. The summed E-state index contributed by atoms with van der Waals surface area (Å²) in [4.78, 5) is 2.55. The van der Waals surface area contributed by atoms with E-state index in [1.165, 1.54) is 19.5 Å². The highest BCUT2D eigenvalue weighted by atomic mass is 15.1. The molecule has 2 N–H and O–H groups in total. The van der Waals surface area contributed by atoms with Crippen LogP contribution in [0.5, 0.6) is 0 Å². The number of nitrogens with zero attached hydrogens (tertiary/aromatic N) is 1. The van der Waals surface area contributed by atoms with Crippen molar-refractivity contribution in [3.8, 4) is 0 Å². The maximum absolute atomic E-state index is 6.09. The molecule has 0 aliphatic carbocycles. The monoisotopic (exact) mass is 198 g/mol. The standard InChI is InChI=1S/C12H26N2/c1-9(2)6-14-7-11(10(3)4)5-12(13)8-14/h9-12H,5-8,13H2,1-4H3. The van der Waals surface area contributed by atoms with E-state index >= 15 is 0 Å². The molecule has 1 aliphatic heterocycles. The Balaban J connectivity index is 2.45. The first-order chi connectivity index (χ1) is 6.49. The number of hydrogen-bond acceptors (Lipinski definition) is 2. The predicted octanol–water partition coefficient (Wildman–Crippen LogP) is 1.95. The molecule has 0 aromatic heterocycles. The number of piperidine rings is 1. The van der Waals surface area contributed by atoms with Crippen LogP contribution in [0.2, 0.25) is 0 Å². The van der Waals surface area contributed by atoms with E-state index in [1.54, 1.807) is 0 Å². The van der Waals surface area contributed by atoms with Gasteiger partial charge < -0.3 is 10.6 Å². The first-order valence-electron chi connectivity index (χ1n) is 5.97. The van der Waals surface area contributed by atoms with Crippen LogP contribution in [0.3, 0.4) is 0 Å². The van der Waals surface area contributed by atoms with E-state index in [1.807, 2.05) is 0 Å². The van der Waals surface area contributed by atoms with Gasteiger partial charge >= 0.3 is 0 Å². The maximum Gasteiger partial charge on any atom is 0.0171 e. The average Bonchev–Trinajstić information content (AvgIpc) is 2.01. The van der Waals surface area contributed by atoms with Crippen molar-refractivity contribution in [1.29, 1.82) is 0 Å². The molecule has 2 atom stereocenters. The third-order valence-corrected chi connectivity index (χ3v) is 3.16. The fourth-order valence-corrected chi connectivity index (χ4v) is 2.42. The lowest BCUT2D eigenvalue weighted by Crippen LogP contribution is -2.49. The predicted molar refractivity (Wildman–Crippen MR) is 62.2 cm³/mol. The van der Waals surface area contributed by atoms with Crippen molar-refractivity contribution in [3.05, 3.63) is 0 Å². The van der Waals surface area contributed by atoms with Crippen LogP contribution in [0.1, 0.15) is 34.1 Å². The molecule has 2 unspecified atom stereocenters. The maximum atomic E-state index is 6.09. The van der Waals surface area contributed by atoms with Crippen molar-refractivity contribution in [2.24, 2.45) is 23.5 Å². The summed E-state index contributed by atoms with van der Waals surface area (Å²) in [6.45, 7) is 12.8. The van der Waals surface area contributed by atoms with Gasteiger partial charge in [0.2, 0.25) is 0 Å². The Morgan fingerprint density at radius 1 is 1.21 bits per heavy atom. The van der Waals surface area contributed by atoms with Gasteiger partial charge in [0, 0.05) is 25.7 Å². The zero-order chi connectivity index (χ0) is 10.7. The van der Waals surface area contributed by atoms with E-state index in [0.717, 1.165) is 24.3 Å². The molecular formula is C12H26N2. The van der Waals surface area contributed by atoms with E-state index in [-0.39, 0.29) is 0 Å². The second-order valence-corrected chi connectivity index (χ2v) is 5.61. The van der Waals surface area contributed by atoms with Crippen LogP contribution in [-0.4, -0.2) is 30.6 Å². The minimum atomic E-state index is 0.398. The molecule has 1 heterocycles. The van der Waals surface area contributed by atoms with Gasteiger partial charge in [-0.25, -0.2) is 0 Å². The topological polar surface area (TPSA) is 29.3 Å². The van der Waals surface area contributed by atoms with Gasteiger partial charge in [0.1, 0.15) is 0 Å². The quantitative estimate of drug-likeness (QED) is 0.751. The Kier molecular flexibility index (Phi) is 4.39. The van der Waals surface area contributed by atoms with Crippen LogP contribution < -0.4 is 5.73 Å². The van der Waals surface area contributed by atoms with Crippen LogP contribution in [0, 0.1) is 17.8 Å². The fourth-order valence-electron chi connectivity index (χ4n) is 2.42. The lowest BCUT2D eigenvalue weighted by molar-refractivity contribution is 0.118. The largest absolute Gasteiger partial charge is 0.327 e. The molecule has 1 fully saturated rings. The molecule has 1 rings (SSSR count). The average molecular weight is 198 g/mol. The lowest BCUT2D eigenvalue weighted by atomic mass is 9.85. The highest BCUT2D eigenvalue weighted by Crippen LogP contribution is 2.23. The van der Waals surface area contributed by atoms with Crippen LogP contribution in [0.25, 0.3) is 0 Å². The molecule has 0 spiro atoms. The summed E-state index contributed by atoms with van der Waals surface area (Å²) in [6.07, 6.45) is 1.21. The number of rotatable bonds is 3. The van der Waals surface area contributed by atoms with Gasteiger partial charge in [-0.1, -0.05) is 27.7 Å². The molecule has 0 amide bonds. The summed E-state index contributed by atoms with van der Waals surface area (Å²) in [5.74, 6) is 2.33. The van der Waals surface area contributed by atoms with Gasteiger partial charge in [-0.15, -0.1) is 0 Å². The van der Waals surface area contributed by atoms with Gasteiger partial charge in [0.05, 0.1) is 0 Å². The van der Waals surface area contributed by atoms with Gasteiger partial charge in [0.25, 0.3) is 0 Å². The van der Waals surface area contributed by atoms with Crippen molar-refractivity contribution in [2.75, 3.05) is 19.6 Å². The molecule has 1 aliphatic rings. The Bertz CT molecular complexity index is 164. The second-order valence-electron chi connectivity index (χ2n) is 5.61. The van der Waals surface area contributed by atoms with Gasteiger partial charge in [-0.2, -0.15) is 0 Å². The zero-order valence-corrected chi connectivity index (χ0v) is 10.2. The van der Waals surface area contributed by atoms with Gasteiger partial charge in [0.15, 0.2) is 0 Å². The highest BCUT2D eigenvalue weighted by Gasteiger charge is 2.26. The van der Waals surface area contributed by atoms with Gasteiger partial charge in [-0.3, -0.25) is 0 Å². The zero-order valence-electron chi connectivity index (χ0n) is 10.2. The molecule has 0 aromatic carbocycles. The summed E-state index contributed by atoms with van der Waals surface area (Å²) < 4.78 is 0. The van der Waals surface area contributed by atoms with Crippen molar-refractivity contribution >= 4 is 0 Å². The van der Waals surface area contributed by atoms with Crippen LogP contribution in [0.4, 0.5) is 0 Å². The molecule has 1 saturated heterocycles. The molecule has 2 nitrogen and oxygen atoms in total. The van der Waals surface area contributed by atoms with E-state index in [2.05, 4.69) is 32.6 Å². The van der Waals surface area contributed by atoms with Crippen molar-refractivity contribution in [1.82, 2.24) is 4.90 Å². The normalized spacial score (nSPS) is 30.2. The number of nitrogens with two attached hydrogens (primary N) is 1. The summed E-state index contributed by atoms with van der Waals surface area (Å²) >= 11 is 0. The molecular weight excluding hydrogens is 172 g/mol. The summed E-state index contributed by atoms with van der Waals surface area (Å²) in [5.41, 5.74) is 6.09. The van der Waals surface area contributed by atoms with Crippen molar-refractivity contribution in [3.63, 3.8) is 0 Å². The lowest BCUT2D eigenvalue weighted by Gasteiger charge is -2.38. The first kappa shape index (κ1) is 12.0. The molecule has 0 saturated carbocycles. The second kappa shape index (κ2) is 5.13. The highest BCUT2D eigenvalue weighted by molar-refractivity contribution is 4.82. The molecule has 0 aromatic rings.